The molecule has 0 radical (unpaired) electrons. The zero-order valence-electron chi connectivity index (χ0n) is 14.7. The first-order valence-electron chi connectivity index (χ1n) is 8.43. The van der Waals surface area contributed by atoms with Gasteiger partial charge in [-0.3, -0.25) is 9.59 Å². The molecule has 138 valence electrons. The van der Waals surface area contributed by atoms with Crippen LogP contribution in [0.2, 0.25) is 0 Å². The Kier molecular flexibility index (Phi) is 5.61. The lowest BCUT2D eigenvalue weighted by Crippen LogP contribution is -2.31. The number of aromatic nitrogens is 2. The molecule has 7 heteroatoms. The summed E-state index contributed by atoms with van der Waals surface area (Å²) in [6.45, 7) is 2.34. The van der Waals surface area contributed by atoms with E-state index in [0.29, 0.717) is 12.3 Å². The number of amides is 1. The van der Waals surface area contributed by atoms with Gasteiger partial charge in [0.25, 0.3) is 5.91 Å². The van der Waals surface area contributed by atoms with Gasteiger partial charge >= 0.3 is 0 Å². The van der Waals surface area contributed by atoms with Gasteiger partial charge in [-0.15, -0.1) is 0 Å². The number of ether oxygens (including phenoxy) is 1. The zero-order valence-corrected chi connectivity index (χ0v) is 14.7. The number of hydrogen-bond donors (Lipinski definition) is 1. The highest BCUT2D eigenvalue weighted by atomic mass is 19.1. The highest BCUT2D eigenvalue weighted by Crippen LogP contribution is 2.16. The van der Waals surface area contributed by atoms with E-state index in [9.17, 15) is 14.0 Å². The van der Waals surface area contributed by atoms with Crippen LogP contribution in [0.15, 0.2) is 65.5 Å². The smallest absolute Gasteiger partial charge is 0.276 e. The molecule has 6 nitrogen and oxygen atoms in total. The number of halogens is 1. The lowest BCUT2D eigenvalue weighted by Gasteiger charge is -2.13. The molecule has 0 fully saturated rings. The lowest BCUT2D eigenvalue weighted by atomic mass is 10.2. The van der Waals surface area contributed by atoms with Gasteiger partial charge in [0.2, 0.25) is 11.3 Å². The van der Waals surface area contributed by atoms with Crippen LogP contribution in [0.3, 0.4) is 0 Å². The molecule has 0 aliphatic heterocycles. The molecular formula is C20H18FN3O3. The maximum Gasteiger partial charge on any atom is 0.276 e. The second-order valence-electron chi connectivity index (χ2n) is 5.68. The Bertz CT molecular complexity index is 986. The zero-order chi connectivity index (χ0) is 19.2. The van der Waals surface area contributed by atoms with Gasteiger partial charge in [0.05, 0.1) is 18.4 Å². The van der Waals surface area contributed by atoms with Crippen molar-refractivity contribution in [3.05, 3.63) is 88.0 Å². The first-order valence-corrected chi connectivity index (χ1v) is 8.43. The summed E-state index contributed by atoms with van der Waals surface area (Å²) in [6, 6.07) is 16.0. The van der Waals surface area contributed by atoms with Gasteiger partial charge < -0.3 is 10.1 Å². The Hall–Kier alpha value is -3.48. The van der Waals surface area contributed by atoms with Crippen LogP contribution in [0.25, 0.3) is 5.69 Å². The maximum absolute atomic E-state index is 13.2. The molecule has 1 N–H and O–H groups in total. The molecule has 0 atom stereocenters. The first-order chi connectivity index (χ1) is 13.1. The largest absolute Gasteiger partial charge is 0.478 e. The fourth-order valence-corrected chi connectivity index (χ4v) is 2.48. The van der Waals surface area contributed by atoms with Crippen LogP contribution in [-0.4, -0.2) is 22.3 Å². The van der Waals surface area contributed by atoms with E-state index in [1.165, 1.54) is 35.0 Å². The molecule has 27 heavy (non-hydrogen) atoms. The second kappa shape index (κ2) is 8.27. The summed E-state index contributed by atoms with van der Waals surface area (Å²) >= 11 is 0. The first kappa shape index (κ1) is 18.3. The fourth-order valence-electron chi connectivity index (χ4n) is 2.48. The minimum atomic E-state index is -0.595. The summed E-state index contributed by atoms with van der Waals surface area (Å²) in [5, 5.41) is 6.83. The number of rotatable bonds is 6. The van der Waals surface area contributed by atoms with Crippen molar-refractivity contribution < 1.29 is 13.9 Å². The van der Waals surface area contributed by atoms with Crippen molar-refractivity contribution in [1.82, 2.24) is 15.1 Å². The number of carbonyl (C=O) groups is 1. The third kappa shape index (κ3) is 4.38. The molecule has 0 saturated heterocycles. The summed E-state index contributed by atoms with van der Waals surface area (Å²) in [7, 11) is 0. The highest BCUT2D eigenvalue weighted by molar-refractivity contribution is 5.92. The Morgan fingerprint density at radius 3 is 2.52 bits per heavy atom. The third-order valence-electron chi connectivity index (χ3n) is 3.77. The van der Waals surface area contributed by atoms with Crippen LogP contribution >= 0.6 is 0 Å². The number of benzene rings is 2. The number of nitrogens with one attached hydrogen (secondary N) is 1. The van der Waals surface area contributed by atoms with Crippen molar-refractivity contribution in [2.24, 2.45) is 0 Å². The molecule has 0 unspecified atom stereocenters. The van der Waals surface area contributed by atoms with Crippen molar-refractivity contribution in [1.29, 1.82) is 0 Å². The van der Waals surface area contributed by atoms with E-state index in [-0.39, 0.29) is 18.1 Å². The van der Waals surface area contributed by atoms with Crippen molar-refractivity contribution in [2.75, 3.05) is 6.61 Å². The minimum absolute atomic E-state index is 0.175. The second-order valence-corrected chi connectivity index (χ2v) is 5.68. The third-order valence-corrected chi connectivity index (χ3v) is 3.77. The summed E-state index contributed by atoms with van der Waals surface area (Å²) < 4.78 is 20.0. The average molecular weight is 367 g/mol. The molecule has 0 saturated carbocycles. The Morgan fingerprint density at radius 2 is 1.85 bits per heavy atom. The van der Waals surface area contributed by atoms with Gasteiger partial charge in [-0.2, -0.15) is 5.10 Å². The summed E-state index contributed by atoms with van der Waals surface area (Å²) in [5.41, 5.74) is 0.550. The van der Waals surface area contributed by atoms with E-state index in [1.807, 2.05) is 30.3 Å². The van der Waals surface area contributed by atoms with Crippen LogP contribution in [0.4, 0.5) is 4.39 Å². The molecule has 0 bridgehead atoms. The van der Waals surface area contributed by atoms with E-state index in [4.69, 9.17) is 4.74 Å². The molecule has 0 aliphatic rings. The van der Waals surface area contributed by atoms with E-state index >= 15 is 0 Å². The topological polar surface area (TPSA) is 73.2 Å². The Morgan fingerprint density at radius 1 is 1.15 bits per heavy atom. The van der Waals surface area contributed by atoms with Crippen molar-refractivity contribution in [3.8, 4) is 11.6 Å². The fraction of sp³-hybridized carbons (Fsp3) is 0.150. The molecular weight excluding hydrogens is 349 g/mol. The molecule has 3 rings (SSSR count). The van der Waals surface area contributed by atoms with Crippen molar-refractivity contribution in [2.45, 2.75) is 13.5 Å². The van der Waals surface area contributed by atoms with Gasteiger partial charge in [-0.1, -0.05) is 30.3 Å². The quantitative estimate of drug-likeness (QED) is 0.727. The van der Waals surface area contributed by atoms with Crippen LogP contribution in [0.1, 0.15) is 23.0 Å². The molecule has 1 aromatic heterocycles. The van der Waals surface area contributed by atoms with Crippen molar-refractivity contribution in [3.63, 3.8) is 0 Å². The maximum atomic E-state index is 13.2. The summed E-state index contributed by atoms with van der Waals surface area (Å²) in [4.78, 5) is 24.8. The lowest BCUT2D eigenvalue weighted by molar-refractivity contribution is 0.0942. The van der Waals surface area contributed by atoms with E-state index in [1.54, 1.807) is 6.92 Å². The predicted octanol–water partition coefficient (Wildman–Crippen LogP) is 2.70. The average Bonchev–Trinajstić information content (AvgIpc) is 2.68. The van der Waals surface area contributed by atoms with Gasteiger partial charge in [0, 0.05) is 6.54 Å². The summed E-state index contributed by atoms with van der Waals surface area (Å²) in [6.07, 6.45) is 0. The Balaban J connectivity index is 1.93. The molecule has 2 aromatic carbocycles. The highest BCUT2D eigenvalue weighted by Gasteiger charge is 2.17. The van der Waals surface area contributed by atoms with Gasteiger partial charge in [-0.05, 0) is 36.8 Å². The van der Waals surface area contributed by atoms with Crippen molar-refractivity contribution >= 4 is 5.91 Å². The molecule has 1 heterocycles. The minimum Gasteiger partial charge on any atom is -0.478 e. The number of carbonyl (C=O) groups excluding carboxylic acids is 1. The monoisotopic (exact) mass is 367 g/mol. The van der Waals surface area contributed by atoms with Crippen LogP contribution < -0.4 is 15.5 Å². The van der Waals surface area contributed by atoms with Gasteiger partial charge in [0.1, 0.15) is 5.82 Å². The Labute approximate surface area is 155 Å². The van der Waals surface area contributed by atoms with E-state index in [0.717, 1.165) is 5.56 Å². The van der Waals surface area contributed by atoms with Gasteiger partial charge in [0.15, 0.2) is 5.69 Å². The van der Waals surface area contributed by atoms with Crippen LogP contribution in [0, 0.1) is 5.82 Å². The van der Waals surface area contributed by atoms with Gasteiger partial charge in [-0.25, -0.2) is 9.07 Å². The summed E-state index contributed by atoms with van der Waals surface area (Å²) in [5.74, 6) is -0.824. The standard InChI is InChI=1S/C20H18FN3O3/c1-2-27-18-12-17(25)19(20(26)22-13-14-6-4-3-5-7-14)23-24(18)16-10-8-15(21)9-11-16/h3-12H,2,13H2,1H3,(H,22,26). The normalized spacial score (nSPS) is 10.4. The van der Waals surface area contributed by atoms with E-state index in [2.05, 4.69) is 10.4 Å². The molecule has 0 aliphatic carbocycles. The SMILES string of the molecule is CCOc1cc(=O)c(C(=O)NCc2ccccc2)nn1-c1ccc(F)cc1. The number of nitrogens with zero attached hydrogens (tertiary/aromatic N) is 2. The van der Waals surface area contributed by atoms with E-state index < -0.39 is 17.2 Å². The molecule has 3 aromatic rings. The van der Waals surface area contributed by atoms with Crippen LogP contribution in [0.5, 0.6) is 5.88 Å². The molecule has 0 spiro atoms. The molecule has 1 amide bonds. The van der Waals surface area contributed by atoms with Crippen LogP contribution in [-0.2, 0) is 6.54 Å². The number of hydrogen-bond acceptors (Lipinski definition) is 4. The predicted molar refractivity (Wildman–Crippen MR) is 98.6 cm³/mol.